The third-order valence-corrected chi connectivity index (χ3v) is 6.51. The summed E-state index contributed by atoms with van der Waals surface area (Å²) in [5.41, 5.74) is 11.4. The highest BCUT2D eigenvalue weighted by atomic mass is 32.2. The zero-order valence-electron chi connectivity index (χ0n) is 15.9. The molecule has 0 fully saturated rings. The molecule has 0 bridgehead atoms. The van der Waals surface area contributed by atoms with Crippen LogP contribution in [0.25, 0.3) is 5.73 Å². The number of hydrogen-bond donors (Lipinski definition) is 0. The number of nitrogens with zero attached hydrogens (tertiary/aromatic N) is 2. The van der Waals surface area contributed by atoms with E-state index in [1.165, 1.54) is 28.9 Å². The fourth-order valence-corrected chi connectivity index (χ4v) is 4.06. The molecule has 0 saturated carbocycles. The van der Waals surface area contributed by atoms with Crippen LogP contribution in [-0.4, -0.2) is 33.8 Å². The molecule has 0 aliphatic carbocycles. The van der Waals surface area contributed by atoms with Gasteiger partial charge in [-0.25, -0.2) is 8.42 Å². The van der Waals surface area contributed by atoms with Crippen molar-refractivity contribution in [3.05, 3.63) is 76.5 Å². The van der Waals surface area contributed by atoms with Crippen LogP contribution in [0.3, 0.4) is 0 Å². The molecule has 3 rings (SSSR count). The molecule has 1 aromatic heterocycles. The van der Waals surface area contributed by atoms with Crippen LogP contribution < -0.4 is 9.04 Å². The summed E-state index contributed by atoms with van der Waals surface area (Å²) >= 11 is 1.31. The maximum atomic E-state index is 11.7. The Hall–Kier alpha value is -2.58. The molecule has 1 atom stereocenters. The second-order valence-electron chi connectivity index (χ2n) is 6.50. The molecule has 148 valence electrons. The largest absolute Gasteiger partial charge is 0.497 e. The van der Waals surface area contributed by atoms with Crippen LogP contribution in [0.1, 0.15) is 22.7 Å². The fourth-order valence-electron chi connectivity index (χ4n) is 2.94. The Kier molecular flexibility index (Phi) is 5.90. The van der Waals surface area contributed by atoms with Gasteiger partial charge in [-0.15, -0.1) is 0 Å². The highest BCUT2D eigenvalue weighted by Gasteiger charge is 2.16. The minimum atomic E-state index is -3.29. The molecule has 0 spiro atoms. The maximum Gasteiger partial charge on any atom is 0.231 e. The zero-order valence-corrected chi connectivity index (χ0v) is 17.5. The summed E-state index contributed by atoms with van der Waals surface area (Å²) in [7, 11) is -0.119. The van der Waals surface area contributed by atoms with Crippen LogP contribution in [0.4, 0.5) is 10.8 Å². The first kappa shape index (κ1) is 20.2. The first-order chi connectivity index (χ1) is 13.3. The average Bonchev–Trinajstić information content (AvgIpc) is 3.11. The SMILES string of the molecule is COc1ccc(C(Cc2ccc(N(C)S(C)(=O)=O)cc2)c2csc([NH-])n2)cc1. The Labute approximate surface area is 169 Å². The Morgan fingerprint density at radius 3 is 2.29 bits per heavy atom. The van der Waals surface area contributed by atoms with E-state index in [0.717, 1.165) is 22.6 Å². The molecule has 1 N–H and O–H groups in total. The molecule has 1 heterocycles. The molecule has 1 unspecified atom stereocenters. The van der Waals surface area contributed by atoms with E-state index < -0.39 is 10.0 Å². The lowest BCUT2D eigenvalue weighted by Crippen LogP contribution is -2.24. The van der Waals surface area contributed by atoms with E-state index >= 15 is 0 Å². The number of thiazole rings is 1. The minimum Gasteiger partial charge on any atom is -0.497 e. The molecule has 3 aromatic rings. The van der Waals surface area contributed by atoms with Crippen molar-refractivity contribution in [3.8, 4) is 5.75 Å². The van der Waals surface area contributed by atoms with Crippen molar-refractivity contribution in [2.45, 2.75) is 12.3 Å². The highest BCUT2D eigenvalue weighted by Crippen LogP contribution is 2.33. The van der Waals surface area contributed by atoms with Crippen molar-refractivity contribution in [3.63, 3.8) is 0 Å². The number of anilines is 1. The van der Waals surface area contributed by atoms with E-state index in [-0.39, 0.29) is 5.92 Å². The lowest BCUT2D eigenvalue weighted by Gasteiger charge is -2.20. The van der Waals surface area contributed by atoms with Crippen LogP contribution in [0.5, 0.6) is 5.75 Å². The summed E-state index contributed by atoms with van der Waals surface area (Å²) in [6.07, 6.45) is 1.87. The van der Waals surface area contributed by atoms with Gasteiger partial charge in [0.15, 0.2) is 0 Å². The fraction of sp³-hybridized carbons (Fsp3) is 0.250. The molecule has 0 saturated heterocycles. The summed E-state index contributed by atoms with van der Waals surface area (Å²) in [6.45, 7) is 0. The first-order valence-corrected chi connectivity index (χ1v) is 11.3. The summed E-state index contributed by atoms with van der Waals surface area (Å²) in [5, 5.41) is 2.21. The Morgan fingerprint density at radius 1 is 1.14 bits per heavy atom. The summed E-state index contributed by atoms with van der Waals surface area (Å²) in [6, 6.07) is 15.3. The third-order valence-electron chi connectivity index (χ3n) is 4.63. The Bertz CT molecular complexity index is 1030. The molecular formula is C20H22N3O3S2-. The number of sulfonamides is 1. The van der Waals surface area contributed by atoms with Crippen molar-refractivity contribution in [1.29, 1.82) is 0 Å². The number of hydrogen-bond acceptors (Lipinski definition) is 5. The van der Waals surface area contributed by atoms with Crippen molar-refractivity contribution >= 4 is 32.2 Å². The quantitative estimate of drug-likeness (QED) is 0.563. The number of methoxy groups -OCH3 is 1. The van der Waals surface area contributed by atoms with Gasteiger partial charge in [0.1, 0.15) is 5.75 Å². The van der Waals surface area contributed by atoms with E-state index in [4.69, 9.17) is 10.5 Å². The predicted molar refractivity (Wildman–Crippen MR) is 114 cm³/mol. The Balaban J connectivity index is 1.89. The number of rotatable bonds is 7. The normalized spacial score (nSPS) is 12.5. The van der Waals surface area contributed by atoms with Gasteiger partial charge in [-0.1, -0.05) is 24.3 Å². The lowest BCUT2D eigenvalue weighted by molar-refractivity contribution is 0.414. The van der Waals surface area contributed by atoms with E-state index in [0.29, 0.717) is 17.2 Å². The van der Waals surface area contributed by atoms with Gasteiger partial charge in [0.05, 0.1) is 19.1 Å². The van der Waals surface area contributed by atoms with Crippen molar-refractivity contribution in [1.82, 2.24) is 4.98 Å². The number of benzene rings is 2. The van der Waals surface area contributed by atoms with Gasteiger partial charge in [0.25, 0.3) is 0 Å². The topological polar surface area (TPSA) is 83.3 Å². The van der Waals surface area contributed by atoms with Crippen LogP contribution in [0.2, 0.25) is 0 Å². The second kappa shape index (κ2) is 8.20. The van der Waals surface area contributed by atoms with E-state index in [1.807, 2.05) is 41.8 Å². The molecule has 0 aliphatic heterocycles. The third kappa shape index (κ3) is 4.63. The van der Waals surface area contributed by atoms with Gasteiger partial charge in [0, 0.05) is 13.0 Å². The van der Waals surface area contributed by atoms with Crippen LogP contribution >= 0.6 is 11.3 Å². The molecule has 28 heavy (non-hydrogen) atoms. The van der Waals surface area contributed by atoms with Gasteiger partial charge in [-0.2, -0.15) is 11.3 Å². The van der Waals surface area contributed by atoms with Crippen molar-refractivity contribution in [2.24, 2.45) is 0 Å². The number of nitrogens with one attached hydrogen (secondary N) is 1. The van der Waals surface area contributed by atoms with Crippen molar-refractivity contribution < 1.29 is 13.2 Å². The Morgan fingerprint density at radius 2 is 1.79 bits per heavy atom. The first-order valence-electron chi connectivity index (χ1n) is 8.61. The average molecular weight is 417 g/mol. The summed E-state index contributed by atoms with van der Waals surface area (Å²) in [5.74, 6) is 0.787. The molecular weight excluding hydrogens is 394 g/mol. The smallest absolute Gasteiger partial charge is 0.231 e. The highest BCUT2D eigenvalue weighted by molar-refractivity contribution is 7.92. The van der Waals surface area contributed by atoms with Gasteiger partial charge in [0.2, 0.25) is 10.0 Å². The molecule has 0 aliphatic rings. The lowest BCUT2D eigenvalue weighted by atomic mass is 9.89. The predicted octanol–water partition coefficient (Wildman–Crippen LogP) is 4.61. The molecule has 0 amide bonds. The van der Waals surface area contributed by atoms with E-state index in [2.05, 4.69) is 4.98 Å². The standard InChI is InChI=1S/C20H22N3O3S2/c1-23(28(3,24)25)16-8-4-14(5-9-16)12-18(19-13-27-20(21)22-19)15-6-10-17(26-2)11-7-15/h4-11,13,18H,12H2,1-3H3,(H-,21,22)/q-1. The number of aromatic nitrogens is 1. The maximum absolute atomic E-state index is 11.7. The van der Waals surface area contributed by atoms with E-state index in [9.17, 15) is 8.42 Å². The zero-order chi connectivity index (χ0) is 20.3. The molecule has 8 heteroatoms. The van der Waals surface area contributed by atoms with Crippen LogP contribution in [0, 0.1) is 0 Å². The summed E-state index contributed by atoms with van der Waals surface area (Å²) in [4.78, 5) is 4.37. The number of ether oxygens (including phenoxy) is 1. The second-order valence-corrected chi connectivity index (χ2v) is 9.38. The van der Waals surface area contributed by atoms with Gasteiger partial charge < -0.3 is 15.5 Å². The van der Waals surface area contributed by atoms with Gasteiger partial charge >= 0.3 is 0 Å². The minimum absolute atomic E-state index is 0.000238. The monoisotopic (exact) mass is 416 g/mol. The van der Waals surface area contributed by atoms with Gasteiger partial charge in [-0.3, -0.25) is 4.31 Å². The van der Waals surface area contributed by atoms with E-state index in [1.54, 1.807) is 19.2 Å². The van der Waals surface area contributed by atoms with Crippen molar-refractivity contribution in [2.75, 3.05) is 24.7 Å². The molecule has 6 nitrogen and oxygen atoms in total. The molecule has 0 radical (unpaired) electrons. The van der Waals surface area contributed by atoms with Crippen LogP contribution in [0.15, 0.2) is 53.9 Å². The van der Waals surface area contributed by atoms with Crippen LogP contribution in [-0.2, 0) is 16.4 Å². The van der Waals surface area contributed by atoms with Gasteiger partial charge in [-0.05, 0) is 58.0 Å². The molecule has 2 aromatic carbocycles. The summed E-state index contributed by atoms with van der Waals surface area (Å²) < 4.78 is 29.9.